The molecular formula is C23H19Cl2N5O3S. The van der Waals surface area contributed by atoms with Crippen molar-refractivity contribution in [1.82, 2.24) is 18.9 Å². The first-order valence-electron chi connectivity index (χ1n) is 10.2. The fraction of sp³-hybridized carbons (Fsp3) is 0.130. The lowest BCUT2D eigenvalue weighted by Gasteiger charge is -2.13. The molecule has 0 fully saturated rings. The number of fused-ring (bicyclic) bond motifs is 2. The van der Waals surface area contributed by atoms with Gasteiger partial charge in [0.2, 0.25) is 0 Å². The summed E-state index contributed by atoms with van der Waals surface area (Å²) in [6, 6.07) is 13.1. The minimum Gasteiger partial charge on any atom is -0.481 e. The molecule has 0 radical (unpaired) electrons. The summed E-state index contributed by atoms with van der Waals surface area (Å²) in [6.45, 7) is 0.550. The smallest absolute Gasteiger partial charge is 0.303 e. The summed E-state index contributed by atoms with van der Waals surface area (Å²) in [7, 11) is 0. The van der Waals surface area contributed by atoms with Gasteiger partial charge in [0.25, 0.3) is 0 Å². The average Bonchev–Trinajstić information content (AvgIpc) is 3.44. The number of nitrogens with zero attached hydrogens (tertiary/aromatic N) is 4. The molecule has 0 aliphatic rings. The van der Waals surface area contributed by atoms with Crippen LogP contribution in [0.1, 0.15) is 12.8 Å². The molecule has 3 aromatic heterocycles. The number of benzene rings is 2. The zero-order valence-corrected chi connectivity index (χ0v) is 20.0. The van der Waals surface area contributed by atoms with Gasteiger partial charge in [-0.25, -0.2) is 9.97 Å². The predicted molar refractivity (Wildman–Crippen MR) is 136 cm³/mol. The van der Waals surface area contributed by atoms with E-state index in [0.29, 0.717) is 35.3 Å². The molecule has 0 atom stereocenters. The van der Waals surface area contributed by atoms with Gasteiger partial charge in [0.15, 0.2) is 5.82 Å². The Morgan fingerprint density at radius 3 is 2.88 bits per heavy atom. The maximum absolute atomic E-state index is 10.9. The fourth-order valence-corrected chi connectivity index (χ4v) is 4.47. The van der Waals surface area contributed by atoms with Gasteiger partial charge in [-0.2, -0.15) is 4.37 Å². The van der Waals surface area contributed by atoms with Crippen molar-refractivity contribution in [3.05, 3.63) is 66.2 Å². The van der Waals surface area contributed by atoms with Gasteiger partial charge >= 0.3 is 5.97 Å². The molecule has 0 unspecified atom stereocenters. The summed E-state index contributed by atoms with van der Waals surface area (Å²) in [5, 5.41) is 13.6. The fourth-order valence-electron chi connectivity index (χ4n) is 3.58. The van der Waals surface area contributed by atoms with Crippen molar-refractivity contribution in [3.63, 3.8) is 0 Å². The van der Waals surface area contributed by atoms with E-state index in [2.05, 4.69) is 19.7 Å². The summed E-state index contributed by atoms with van der Waals surface area (Å²) < 4.78 is 13.3. The Morgan fingerprint density at radius 1 is 1.18 bits per heavy atom. The highest BCUT2D eigenvalue weighted by Gasteiger charge is 2.13. The van der Waals surface area contributed by atoms with Crippen LogP contribution in [0.3, 0.4) is 0 Å². The van der Waals surface area contributed by atoms with Crippen LogP contribution in [0.15, 0.2) is 61.2 Å². The lowest BCUT2D eigenvalue weighted by atomic mass is 10.2. The normalized spacial score (nSPS) is 10.9. The number of rotatable bonds is 8. The molecule has 3 heterocycles. The second-order valence-corrected chi connectivity index (χ2v) is 8.57. The number of halogens is 2. The first-order chi connectivity index (χ1) is 16.1. The van der Waals surface area contributed by atoms with Gasteiger partial charge < -0.3 is 19.7 Å². The lowest BCUT2D eigenvalue weighted by Crippen LogP contribution is -2.04. The van der Waals surface area contributed by atoms with Crippen LogP contribution in [0, 0.1) is 0 Å². The quantitative estimate of drug-likeness (QED) is 0.242. The van der Waals surface area contributed by atoms with Crippen LogP contribution in [0.5, 0.6) is 11.5 Å². The van der Waals surface area contributed by atoms with Crippen LogP contribution < -0.4 is 10.1 Å². The Hall–Kier alpha value is -3.40. The van der Waals surface area contributed by atoms with Crippen LogP contribution >= 0.6 is 35.5 Å². The van der Waals surface area contributed by atoms with Crippen molar-refractivity contribution in [1.29, 1.82) is 0 Å². The Balaban J connectivity index is 0.00000274. The Morgan fingerprint density at radius 2 is 2.06 bits per heavy atom. The molecule has 174 valence electrons. The Kier molecular flexibility index (Phi) is 7.16. The standard InChI is InChI=1S/C23H18ClN5O3S.ClH/c24-16-11-14(6-7-19(16)32-18-3-1-4-20-15(18)12-27-33-20)28-23-22-17(25-13-26-23)8-10-29(22)9-2-5-21(30)31;/h1,3-4,6-8,10-13H,2,5,9H2,(H,30,31)(H,25,26,28);1H. The van der Waals surface area contributed by atoms with Crippen LogP contribution in [0.2, 0.25) is 5.02 Å². The first-order valence-corrected chi connectivity index (χ1v) is 11.3. The Bertz CT molecular complexity index is 1470. The van der Waals surface area contributed by atoms with Crippen LogP contribution in [0.4, 0.5) is 11.5 Å². The largest absolute Gasteiger partial charge is 0.481 e. The number of carboxylic acid groups (broad SMARTS) is 1. The molecule has 5 rings (SSSR count). The number of carboxylic acids is 1. The second kappa shape index (κ2) is 10.3. The van der Waals surface area contributed by atoms with Crippen LogP contribution in [-0.2, 0) is 11.3 Å². The van der Waals surface area contributed by atoms with Crippen molar-refractivity contribution in [2.75, 3.05) is 5.32 Å². The number of anilines is 2. The number of aryl methyl sites for hydroxylation is 1. The van der Waals surface area contributed by atoms with E-state index < -0.39 is 5.97 Å². The minimum atomic E-state index is -0.815. The second-order valence-electron chi connectivity index (χ2n) is 7.33. The number of hydrogen-bond acceptors (Lipinski definition) is 7. The third-order valence-corrected chi connectivity index (χ3v) is 6.17. The van der Waals surface area contributed by atoms with E-state index in [-0.39, 0.29) is 18.8 Å². The number of hydrogen-bond donors (Lipinski definition) is 2. The maximum Gasteiger partial charge on any atom is 0.303 e. The molecule has 8 nitrogen and oxygen atoms in total. The van der Waals surface area contributed by atoms with Crippen molar-refractivity contribution in [2.24, 2.45) is 0 Å². The van der Waals surface area contributed by atoms with Gasteiger partial charge in [-0.1, -0.05) is 17.7 Å². The molecule has 0 saturated carbocycles. The van der Waals surface area contributed by atoms with Crippen molar-refractivity contribution in [3.8, 4) is 11.5 Å². The SMILES string of the molecule is Cl.O=C(O)CCCn1ccc2ncnc(Nc3ccc(Oc4cccc5sncc45)c(Cl)c3)c21. The van der Waals surface area contributed by atoms with Crippen LogP contribution in [-0.4, -0.2) is 30.0 Å². The van der Waals surface area contributed by atoms with Gasteiger partial charge in [-0.15, -0.1) is 12.4 Å². The molecule has 0 amide bonds. The highest BCUT2D eigenvalue weighted by molar-refractivity contribution is 7.13. The van der Waals surface area contributed by atoms with Crippen molar-refractivity contribution >= 4 is 74.1 Å². The predicted octanol–water partition coefficient (Wildman–Crippen LogP) is 6.52. The number of aromatic nitrogens is 4. The summed E-state index contributed by atoms with van der Waals surface area (Å²) in [5.74, 6) is 1.02. The number of nitrogens with one attached hydrogen (secondary N) is 1. The monoisotopic (exact) mass is 515 g/mol. The molecule has 2 aromatic carbocycles. The maximum atomic E-state index is 10.9. The van der Waals surface area contributed by atoms with E-state index >= 15 is 0 Å². The molecule has 34 heavy (non-hydrogen) atoms. The van der Waals surface area contributed by atoms with Gasteiger partial charge in [0.05, 0.1) is 26.8 Å². The Labute approximate surface area is 209 Å². The summed E-state index contributed by atoms with van der Waals surface area (Å²) >= 11 is 7.94. The molecule has 11 heteroatoms. The zero-order chi connectivity index (χ0) is 22.8. The number of carbonyl (C=O) groups is 1. The van der Waals surface area contributed by atoms with Gasteiger partial charge in [-0.3, -0.25) is 4.79 Å². The van der Waals surface area contributed by atoms with E-state index in [1.54, 1.807) is 18.3 Å². The highest BCUT2D eigenvalue weighted by Crippen LogP contribution is 2.36. The summed E-state index contributed by atoms with van der Waals surface area (Å²) in [4.78, 5) is 19.5. The summed E-state index contributed by atoms with van der Waals surface area (Å²) in [6.07, 6.45) is 5.77. The first kappa shape index (κ1) is 23.7. The lowest BCUT2D eigenvalue weighted by molar-refractivity contribution is -0.137. The number of ether oxygens (including phenoxy) is 1. The highest BCUT2D eigenvalue weighted by atomic mass is 35.5. The van der Waals surface area contributed by atoms with E-state index in [1.807, 2.05) is 41.1 Å². The molecule has 0 spiro atoms. The molecule has 0 bridgehead atoms. The number of aliphatic carboxylic acids is 1. The average molecular weight is 516 g/mol. The summed E-state index contributed by atoms with van der Waals surface area (Å²) in [5.41, 5.74) is 2.31. The van der Waals surface area contributed by atoms with Gasteiger partial charge in [0.1, 0.15) is 23.3 Å². The van der Waals surface area contributed by atoms with E-state index in [0.717, 1.165) is 26.8 Å². The van der Waals surface area contributed by atoms with Crippen molar-refractivity contribution < 1.29 is 14.6 Å². The molecule has 2 N–H and O–H groups in total. The van der Waals surface area contributed by atoms with Crippen LogP contribution in [0.25, 0.3) is 21.1 Å². The zero-order valence-electron chi connectivity index (χ0n) is 17.6. The van der Waals surface area contributed by atoms with E-state index in [9.17, 15) is 4.79 Å². The molecule has 0 aliphatic heterocycles. The van der Waals surface area contributed by atoms with E-state index in [4.69, 9.17) is 21.4 Å². The molecule has 5 aromatic rings. The molecule has 0 saturated heterocycles. The topological polar surface area (TPSA) is 102 Å². The van der Waals surface area contributed by atoms with Gasteiger partial charge in [0, 0.05) is 24.8 Å². The van der Waals surface area contributed by atoms with Crippen molar-refractivity contribution in [2.45, 2.75) is 19.4 Å². The molecule has 0 aliphatic carbocycles. The van der Waals surface area contributed by atoms with Gasteiger partial charge in [-0.05, 0) is 54.4 Å². The molecular weight excluding hydrogens is 497 g/mol. The minimum absolute atomic E-state index is 0. The third kappa shape index (κ3) is 4.91. The van der Waals surface area contributed by atoms with E-state index in [1.165, 1.54) is 17.9 Å². The third-order valence-electron chi connectivity index (χ3n) is 5.11.